The molecule has 2 rings (SSSR count). The zero-order valence-electron chi connectivity index (χ0n) is 12.1. The standard InChI is InChI=1S/C17H18ClNO2/c1-12(18)14-8-4-5-9-15(14)19-17(20)11-13-7-3-6-10-16(13)21-2/h3-10,12H,11H2,1-2H3,(H,19,20). The molecule has 0 fully saturated rings. The van der Waals surface area contributed by atoms with E-state index in [1.165, 1.54) is 0 Å². The molecule has 0 radical (unpaired) electrons. The minimum absolute atomic E-state index is 0.0933. The molecule has 2 aromatic rings. The van der Waals surface area contributed by atoms with Crippen molar-refractivity contribution in [2.75, 3.05) is 12.4 Å². The third-order valence-corrected chi connectivity index (χ3v) is 3.44. The van der Waals surface area contributed by atoms with E-state index in [1.54, 1.807) is 7.11 Å². The summed E-state index contributed by atoms with van der Waals surface area (Å²) in [6.07, 6.45) is 0.259. The van der Waals surface area contributed by atoms with Crippen LogP contribution in [0.5, 0.6) is 5.75 Å². The summed E-state index contributed by atoms with van der Waals surface area (Å²) in [5.74, 6) is 0.621. The second-order valence-corrected chi connectivity index (χ2v) is 5.39. The number of carbonyl (C=O) groups excluding carboxylic acids is 1. The quantitative estimate of drug-likeness (QED) is 0.842. The minimum atomic E-state index is -0.159. The number of anilines is 1. The fourth-order valence-corrected chi connectivity index (χ4v) is 2.36. The van der Waals surface area contributed by atoms with E-state index < -0.39 is 0 Å². The molecule has 0 saturated carbocycles. The number of carbonyl (C=O) groups is 1. The highest BCUT2D eigenvalue weighted by Gasteiger charge is 2.12. The van der Waals surface area contributed by atoms with Crippen LogP contribution in [0.1, 0.15) is 23.4 Å². The molecule has 0 spiro atoms. The summed E-state index contributed by atoms with van der Waals surface area (Å²) in [5.41, 5.74) is 2.52. The van der Waals surface area contributed by atoms with E-state index in [0.29, 0.717) is 5.75 Å². The molecule has 3 nitrogen and oxygen atoms in total. The summed E-state index contributed by atoms with van der Waals surface area (Å²) >= 11 is 6.13. The van der Waals surface area contributed by atoms with Crippen LogP contribution in [-0.4, -0.2) is 13.0 Å². The van der Waals surface area contributed by atoms with E-state index in [0.717, 1.165) is 16.8 Å². The van der Waals surface area contributed by atoms with Gasteiger partial charge in [-0.25, -0.2) is 0 Å². The van der Waals surface area contributed by atoms with Crippen LogP contribution in [0, 0.1) is 0 Å². The van der Waals surface area contributed by atoms with Crippen LogP contribution in [0.4, 0.5) is 5.69 Å². The average Bonchev–Trinajstić information content (AvgIpc) is 2.48. The SMILES string of the molecule is COc1ccccc1CC(=O)Nc1ccccc1C(C)Cl. The monoisotopic (exact) mass is 303 g/mol. The highest BCUT2D eigenvalue weighted by Crippen LogP contribution is 2.27. The fourth-order valence-electron chi connectivity index (χ4n) is 2.17. The normalized spacial score (nSPS) is 11.8. The van der Waals surface area contributed by atoms with Crippen molar-refractivity contribution in [3.63, 3.8) is 0 Å². The first kappa shape index (κ1) is 15.4. The maximum atomic E-state index is 12.2. The van der Waals surface area contributed by atoms with Gasteiger partial charge in [0.25, 0.3) is 0 Å². The molecular formula is C17H18ClNO2. The second-order valence-electron chi connectivity index (χ2n) is 4.74. The molecule has 2 aromatic carbocycles. The van der Waals surface area contributed by atoms with Gasteiger partial charge in [0.05, 0.1) is 18.9 Å². The van der Waals surface area contributed by atoms with Gasteiger partial charge in [0.15, 0.2) is 0 Å². The van der Waals surface area contributed by atoms with Crippen molar-refractivity contribution in [3.8, 4) is 5.75 Å². The van der Waals surface area contributed by atoms with E-state index in [1.807, 2.05) is 55.5 Å². The molecule has 0 bridgehead atoms. The van der Waals surface area contributed by atoms with Crippen LogP contribution >= 0.6 is 11.6 Å². The van der Waals surface area contributed by atoms with Crippen LogP contribution in [0.25, 0.3) is 0 Å². The van der Waals surface area contributed by atoms with Gasteiger partial charge in [0, 0.05) is 11.3 Å². The zero-order valence-corrected chi connectivity index (χ0v) is 12.9. The smallest absolute Gasteiger partial charge is 0.228 e. The summed E-state index contributed by atoms with van der Waals surface area (Å²) in [7, 11) is 1.60. The summed E-state index contributed by atoms with van der Waals surface area (Å²) < 4.78 is 5.26. The van der Waals surface area contributed by atoms with Crippen molar-refractivity contribution < 1.29 is 9.53 Å². The maximum Gasteiger partial charge on any atom is 0.228 e. The number of methoxy groups -OCH3 is 1. The molecule has 1 amide bonds. The van der Waals surface area contributed by atoms with Crippen LogP contribution < -0.4 is 10.1 Å². The Hall–Kier alpha value is -2.00. The highest BCUT2D eigenvalue weighted by atomic mass is 35.5. The zero-order chi connectivity index (χ0) is 15.2. The number of para-hydroxylation sites is 2. The molecule has 21 heavy (non-hydrogen) atoms. The lowest BCUT2D eigenvalue weighted by atomic mass is 10.1. The van der Waals surface area contributed by atoms with Crippen molar-refractivity contribution in [3.05, 3.63) is 59.7 Å². The Balaban J connectivity index is 2.12. The van der Waals surface area contributed by atoms with Crippen molar-refractivity contribution in [1.82, 2.24) is 0 Å². The lowest BCUT2D eigenvalue weighted by Gasteiger charge is -2.13. The van der Waals surface area contributed by atoms with Crippen LogP contribution in [-0.2, 0) is 11.2 Å². The van der Waals surface area contributed by atoms with Crippen molar-refractivity contribution >= 4 is 23.2 Å². The summed E-state index contributed by atoms with van der Waals surface area (Å²) in [6, 6.07) is 15.0. The van der Waals surface area contributed by atoms with Gasteiger partial charge in [-0.2, -0.15) is 0 Å². The van der Waals surface area contributed by atoms with Gasteiger partial charge in [0.2, 0.25) is 5.91 Å². The predicted molar refractivity (Wildman–Crippen MR) is 86.0 cm³/mol. The van der Waals surface area contributed by atoms with Gasteiger partial charge in [-0.15, -0.1) is 11.6 Å². The molecule has 1 unspecified atom stereocenters. The molecule has 0 aromatic heterocycles. The largest absolute Gasteiger partial charge is 0.496 e. The Labute approximate surface area is 129 Å². The molecule has 0 saturated heterocycles. The first-order chi connectivity index (χ1) is 10.1. The number of nitrogens with one attached hydrogen (secondary N) is 1. The summed E-state index contributed by atoms with van der Waals surface area (Å²) in [6.45, 7) is 1.88. The van der Waals surface area contributed by atoms with Gasteiger partial charge < -0.3 is 10.1 Å². The van der Waals surface area contributed by atoms with Gasteiger partial charge in [-0.3, -0.25) is 4.79 Å². The molecule has 1 atom stereocenters. The lowest BCUT2D eigenvalue weighted by Crippen LogP contribution is -2.16. The van der Waals surface area contributed by atoms with E-state index in [4.69, 9.17) is 16.3 Å². The highest BCUT2D eigenvalue weighted by molar-refractivity contribution is 6.21. The number of hydrogen-bond acceptors (Lipinski definition) is 2. The Bertz CT molecular complexity index is 626. The van der Waals surface area contributed by atoms with Crippen LogP contribution in [0.3, 0.4) is 0 Å². The van der Waals surface area contributed by atoms with E-state index in [9.17, 15) is 4.79 Å². The second kappa shape index (κ2) is 7.14. The Morgan fingerprint density at radius 1 is 1.19 bits per heavy atom. The minimum Gasteiger partial charge on any atom is -0.496 e. The van der Waals surface area contributed by atoms with Crippen LogP contribution in [0.15, 0.2) is 48.5 Å². The summed E-state index contributed by atoms with van der Waals surface area (Å²) in [5, 5.41) is 2.75. The van der Waals surface area contributed by atoms with E-state index >= 15 is 0 Å². The molecule has 0 heterocycles. The number of benzene rings is 2. The first-order valence-corrected chi connectivity index (χ1v) is 7.20. The molecule has 0 aliphatic carbocycles. The number of halogens is 1. The molecule has 110 valence electrons. The van der Waals surface area contributed by atoms with Gasteiger partial charge in [0.1, 0.15) is 5.75 Å². The average molecular weight is 304 g/mol. The summed E-state index contributed by atoms with van der Waals surface area (Å²) in [4.78, 5) is 12.2. The predicted octanol–water partition coefficient (Wildman–Crippen LogP) is 4.18. The molecule has 4 heteroatoms. The Morgan fingerprint density at radius 3 is 2.57 bits per heavy atom. The maximum absolute atomic E-state index is 12.2. The number of rotatable bonds is 5. The topological polar surface area (TPSA) is 38.3 Å². The molecular weight excluding hydrogens is 286 g/mol. The van der Waals surface area contributed by atoms with E-state index in [-0.39, 0.29) is 17.7 Å². The van der Waals surface area contributed by atoms with Crippen LogP contribution in [0.2, 0.25) is 0 Å². The molecule has 0 aliphatic heterocycles. The van der Waals surface area contributed by atoms with E-state index in [2.05, 4.69) is 5.32 Å². The number of hydrogen-bond donors (Lipinski definition) is 1. The molecule has 1 N–H and O–H groups in total. The third-order valence-electron chi connectivity index (χ3n) is 3.21. The first-order valence-electron chi connectivity index (χ1n) is 6.76. The number of alkyl halides is 1. The van der Waals surface area contributed by atoms with Gasteiger partial charge in [-0.05, 0) is 24.6 Å². The van der Waals surface area contributed by atoms with Gasteiger partial charge in [-0.1, -0.05) is 36.4 Å². The molecule has 0 aliphatic rings. The fraction of sp³-hybridized carbons (Fsp3) is 0.235. The third kappa shape index (κ3) is 3.99. The van der Waals surface area contributed by atoms with Crippen molar-refractivity contribution in [2.24, 2.45) is 0 Å². The van der Waals surface area contributed by atoms with Crippen molar-refractivity contribution in [2.45, 2.75) is 18.7 Å². The Morgan fingerprint density at radius 2 is 1.86 bits per heavy atom. The van der Waals surface area contributed by atoms with Gasteiger partial charge >= 0.3 is 0 Å². The Kier molecular flexibility index (Phi) is 5.23. The lowest BCUT2D eigenvalue weighted by molar-refractivity contribution is -0.115. The number of amides is 1. The number of ether oxygens (including phenoxy) is 1. The van der Waals surface area contributed by atoms with Crippen molar-refractivity contribution in [1.29, 1.82) is 0 Å².